The molecule has 63 heavy (non-hydrogen) atoms. The first-order valence-electron chi connectivity index (χ1n) is 18.2. The van der Waals surface area contributed by atoms with Crippen LogP contribution in [-0.2, 0) is 56.8 Å². The molecule has 6 rings (SSSR count). The first kappa shape index (κ1) is 47.1. The summed E-state index contributed by atoms with van der Waals surface area (Å²) in [7, 11) is -11.8. The summed E-state index contributed by atoms with van der Waals surface area (Å²) in [6.45, 7) is -1.42. The van der Waals surface area contributed by atoms with E-state index in [0.717, 1.165) is 65.2 Å². The van der Waals surface area contributed by atoms with Gasteiger partial charge in [-0.2, -0.15) is 17.5 Å². The average molecular weight is 968 g/mol. The molecule has 10 nitrogen and oxygen atoms in total. The lowest BCUT2D eigenvalue weighted by Gasteiger charge is -2.26. The van der Waals surface area contributed by atoms with Gasteiger partial charge in [-0.3, -0.25) is 4.79 Å². The molecular formula is C43H33Cl2F5N2O8S3. The highest BCUT2D eigenvalue weighted by Gasteiger charge is 2.38. The molecule has 0 aromatic heterocycles. The normalized spacial score (nSPS) is 12.6. The highest BCUT2D eigenvalue weighted by atomic mass is 35.5. The van der Waals surface area contributed by atoms with Crippen molar-refractivity contribution in [3.63, 3.8) is 0 Å². The van der Waals surface area contributed by atoms with Gasteiger partial charge in [0.05, 0.1) is 9.92 Å². The van der Waals surface area contributed by atoms with E-state index < -0.39 is 75.8 Å². The summed E-state index contributed by atoms with van der Waals surface area (Å²) in [6, 6.07) is 26.2. The second-order valence-electron chi connectivity index (χ2n) is 14.0. The largest absolute Gasteiger partial charge is 0.505 e. The third kappa shape index (κ3) is 12.0. The molecule has 0 spiro atoms. The molecule has 1 atom stereocenters. The average Bonchev–Trinajstić information content (AvgIpc) is 3.22. The Kier molecular flexibility index (Phi) is 14.3. The number of phenols is 1. The molecule has 1 unspecified atom stereocenters. The van der Waals surface area contributed by atoms with Gasteiger partial charge in [-0.25, -0.2) is 29.8 Å². The van der Waals surface area contributed by atoms with Crippen molar-refractivity contribution in [3.8, 4) is 17.2 Å². The Morgan fingerprint density at radius 3 is 1.84 bits per heavy atom. The zero-order chi connectivity index (χ0) is 45.9. The lowest BCUT2D eigenvalue weighted by Crippen LogP contribution is -2.31. The van der Waals surface area contributed by atoms with Gasteiger partial charge in [-0.1, -0.05) is 59.6 Å². The Balaban J connectivity index is 1.46. The number of alkyl halides is 3. The van der Waals surface area contributed by atoms with Crippen LogP contribution in [0.4, 0.5) is 22.0 Å². The van der Waals surface area contributed by atoms with Gasteiger partial charge in [0.25, 0.3) is 5.91 Å². The lowest BCUT2D eigenvalue weighted by molar-refractivity contribution is -0.0384. The van der Waals surface area contributed by atoms with Gasteiger partial charge in [0.15, 0.2) is 26.4 Å². The molecule has 0 aliphatic rings. The molecular weight excluding hydrogens is 935 g/mol. The van der Waals surface area contributed by atoms with Crippen molar-refractivity contribution < 1.29 is 57.6 Å². The minimum absolute atomic E-state index is 0.0183. The summed E-state index contributed by atoms with van der Waals surface area (Å²) in [4.78, 5) is 14.2. The van der Waals surface area contributed by atoms with E-state index in [4.69, 9.17) is 27.9 Å². The van der Waals surface area contributed by atoms with Crippen LogP contribution in [-0.4, -0.2) is 53.0 Å². The minimum Gasteiger partial charge on any atom is -0.505 e. The standard InChI is InChI=1S/C43H33Cl2F5N2O8S3/c1-62(56,57)38-15-7-27(8-16-38)23-51(42(54)31-3-2-4-37(20-31)61(55)43(48,49)50)24-29-17-30(19-36(18-29)60-35-13-11-34(47)12-14-35)26-52(25-28-5-9-33(46)10-6-28)63(58,59)40-22-32(44)21-39(45)41(40)53/h2-22,53H,23-26H2,1H3. The van der Waals surface area contributed by atoms with Gasteiger partial charge in [-0.15, -0.1) is 0 Å². The Bertz CT molecular complexity index is 2910. The number of ether oxygens (including phenoxy) is 1. The smallest absolute Gasteiger partial charge is 0.475 e. The fraction of sp³-hybridized carbons (Fsp3) is 0.140. The molecule has 20 heteroatoms. The number of carbonyl (C=O) groups excluding carboxylic acids is 1. The molecule has 0 saturated heterocycles. The lowest BCUT2D eigenvalue weighted by atomic mass is 10.1. The van der Waals surface area contributed by atoms with E-state index in [1.807, 2.05) is 0 Å². The molecule has 6 aromatic carbocycles. The number of hydrogen-bond acceptors (Lipinski definition) is 8. The molecule has 0 radical (unpaired) electrons. The summed E-state index contributed by atoms with van der Waals surface area (Å²) in [6.07, 6.45) is 1.01. The van der Waals surface area contributed by atoms with Crippen molar-refractivity contribution in [1.82, 2.24) is 9.21 Å². The number of rotatable bonds is 15. The molecule has 0 fully saturated rings. The SMILES string of the molecule is CS(=O)(=O)c1ccc(CN(Cc2cc(CN(Cc3ccc(F)cc3)S(=O)(=O)c3cc(Cl)cc(Cl)c3O)cc(Oc3ccc(F)cc3)c2)C(=O)c2cccc(S(=O)C(F)(F)F)c2)cc1. The Hall–Kier alpha value is -5.37. The summed E-state index contributed by atoms with van der Waals surface area (Å²) in [5.74, 6) is -2.56. The maximum Gasteiger partial charge on any atom is 0.475 e. The molecule has 6 aromatic rings. The predicted molar refractivity (Wildman–Crippen MR) is 226 cm³/mol. The number of carbonyl (C=O) groups is 1. The topological polar surface area (TPSA) is 138 Å². The van der Waals surface area contributed by atoms with E-state index in [1.165, 1.54) is 77.7 Å². The highest BCUT2D eigenvalue weighted by molar-refractivity contribution is 7.90. The molecule has 1 N–H and O–H groups in total. The number of aromatic hydroxyl groups is 1. The van der Waals surface area contributed by atoms with Gasteiger partial charge in [0.1, 0.15) is 28.0 Å². The van der Waals surface area contributed by atoms with Crippen LogP contribution in [0.15, 0.2) is 142 Å². The van der Waals surface area contributed by atoms with E-state index in [-0.39, 0.29) is 62.8 Å². The van der Waals surface area contributed by atoms with Crippen LogP contribution in [0.2, 0.25) is 10.0 Å². The van der Waals surface area contributed by atoms with Crippen molar-refractivity contribution in [1.29, 1.82) is 0 Å². The van der Waals surface area contributed by atoms with Crippen LogP contribution in [0.5, 0.6) is 17.2 Å². The minimum atomic E-state index is -5.13. The third-order valence-electron chi connectivity index (χ3n) is 9.21. The van der Waals surface area contributed by atoms with E-state index in [9.17, 15) is 52.9 Å². The Morgan fingerprint density at radius 1 is 0.698 bits per heavy atom. The summed E-state index contributed by atoms with van der Waals surface area (Å²) in [5, 5.41) is 10.4. The van der Waals surface area contributed by atoms with Crippen LogP contribution in [0.3, 0.4) is 0 Å². The summed E-state index contributed by atoms with van der Waals surface area (Å²) in [5.41, 5.74) is -4.17. The van der Waals surface area contributed by atoms with Gasteiger partial charge in [-0.05, 0) is 113 Å². The van der Waals surface area contributed by atoms with Gasteiger partial charge in [0, 0.05) is 47.9 Å². The monoisotopic (exact) mass is 966 g/mol. The zero-order valence-corrected chi connectivity index (χ0v) is 36.5. The molecule has 1 amide bonds. The third-order valence-corrected chi connectivity index (χ3v) is 13.8. The van der Waals surface area contributed by atoms with Crippen LogP contribution in [0, 0.1) is 11.6 Å². The van der Waals surface area contributed by atoms with Crippen LogP contribution in [0.25, 0.3) is 0 Å². The fourth-order valence-corrected chi connectivity index (χ4v) is 9.75. The van der Waals surface area contributed by atoms with Crippen molar-refractivity contribution in [2.45, 2.75) is 46.4 Å². The quantitative estimate of drug-likeness (QED) is 0.100. The van der Waals surface area contributed by atoms with E-state index >= 15 is 0 Å². The molecule has 0 heterocycles. The predicted octanol–water partition coefficient (Wildman–Crippen LogP) is 10.0. The number of nitrogens with zero attached hydrogens (tertiary/aromatic N) is 2. The molecule has 330 valence electrons. The first-order valence-corrected chi connectivity index (χ1v) is 23.5. The van der Waals surface area contributed by atoms with Crippen LogP contribution >= 0.6 is 23.2 Å². The number of sulfone groups is 1. The second kappa shape index (κ2) is 19.2. The second-order valence-corrected chi connectivity index (χ2v) is 20.2. The molecule has 0 aliphatic carbocycles. The van der Waals surface area contributed by atoms with Crippen LogP contribution in [0.1, 0.15) is 32.6 Å². The molecule has 0 saturated carbocycles. The van der Waals surface area contributed by atoms with E-state index in [0.29, 0.717) is 11.1 Å². The number of amides is 1. The number of hydrogen-bond donors (Lipinski definition) is 1. The Labute approximate surface area is 371 Å². The first-order chi connectivity index (χ1) is 29.6. The van der Waals surface area contributed by atoms with Gasteiger partial charge in [0.2, 0.25) is 10.0 Å². The van der Waals surface area contributed by atoms with Crippen molar-refractivity contribution in [2.75, 3.05) is 6.26 Å². The van der Waals surface area contributed by atoms with E-state index in [1.54, 1.807) is 0 Å². The number of phenolic OH excluding ortho intramolecular Hbond substituents is 1. The van der Waals surface area contributed by atoms with Gasteiger partial charge < -0.3 is 14.7 Å². The maximum absolute atomic E-state index is 14.4. The number of sulfonamides is 1. The van der Waals surface area contributed by atoms with E-state index in [2.05, 4.69) is 0 Å². The van der Waals surface area contributed by atoms with Crippen LogP contribution < -0.4 is 4.74 Å². The van der Waals surface area contributed by atoms with Crippen molar-refractivity contribution in [2.24, 2.45) is 0 Å². The summed E-state index contributed by atoms with van der Waals surface area (Å²) >= 11 is 12.3. The maximum atomic E-state index is 14.4. The highest BCUT2D eigenvalue weighted by Crippen LogP contribution is 2.37. The number of halogens is 7. The molecule has 0 aliphatic heterocycles. The fourth-order valence-electron chi connectivity index (χ4n) is 6.25. The van der Waals surface area contributed by atoms with Crippen molar-refractivity contribution >= 4 is 59.8 Å². The zero-order valence-electron chi connectivity index (χ0n) is 32.5. The number of benzene rings is 6. The van der Waals surface area contributed by atoms with Crippen molar-refractivity contribution in [3.05, 3.63) is 177 Å². The molecule has 0 bridgehead atoms. The Morgan fingerprint density at radius 2 is 1.24 bits per heavy atom. The van der Waals surface area contributed by atoms with Gasteiger partial charge >= 0.3 is 5.51 Å². The summed E-state index contributed by atoms with van der Waals surface area (Å²) < 4.78 is 141.